The van der Waals surface area contributed by atoms with Gasteiger partial charge in [-0.2, -0.15) is 0 Å². The third kappa shape index (κ3) is 2.71. The van der Waals surface area contributed by atoms with Crippen molar-refractivity contribution in [1.29, 1.82) is 0 Å². The van der Waals surface area contributed by atoms with E-state index in [0.717, 1.165) is 5.69 Å². The van der Waals surface area contributed by atoms with Crippen molar-refractivity contribution in [3.8, 4) is 5.75 Å². The van der Waals surface area contributed by atoms with Crippen LogP contribution in [-0.2, 0) is 0 Å². The van der Waals surface area contributed by atoms with Crippen LogP contribution in [0.15, 0.2) is 18.2 Å². The van der Waals surface area contributed by atoms with Gasteiger partial charge in [0, 0.05) is 5.69 Å². The second-order valence-electron chi connectivity index (χ2n) is 2.43. The van der Waals surface area contributed by atoms with Crippen LogP contribution in [0.25, 0.3) is 0 Å². The number of phenolic OH excluding ortho intramolecular Hbond substituents is 1. The van der Waals surface area contributed by atoms with Gasteiger partial charge in [0.05, 0.1) is 9.07 Å². The summed E-state index contributed by atoms with van der Waals surface area (Å²) >= 11 is 7.95. The average molecular weight is 298 g/mol. The lowest BCUT2D eigenvalue weighted by Crippen LogP contribution is -2.05. The Labute approximate surface area is 90.1 Å². The van der Waals surface area contributed by atoms with E-state index in [2.05, 4.69) is 27.9 Å². The molecule has 0 aromatic heterocycles. The summed E-state index contributed by atoms with van der Waals surface area (Å²) in [5.74, 6) is 0.114. The van der Waals surface area contributed by atoms with Gasteiger partial charge in [0.25, 0.3) is 0 Å². The molecule has 1 atom stereocenters. The molecule has 2 nitrogen and oxygen atoms in total. The van der Waals surface area contributed by atoms with E-state index in [1.165, 1.54) is 0 Å². The van der Waals surface area contributed by atoms with Gasteiger partial charge in [0.15, 0.2) is 0 Å². The Balaban J connectivity index is 2.82. The van der Waals surface area contributed by atoms with E-state index >= 15 is 0 Å². The number of anilines is 1. The Morgan fingerprint density at radius 3 is 2.75 bits per heavy atom. The molecule has 66 valence electrons. The topological polar surface area (TPSA) is 32.3 Å². The molecule has 1 aromatic carbocycles. The maximum atomic E-state index is 9.12. The van der Waals surface area contributed by atoms with Gasteiger partial charge in [-0.05, 0) is 25.1 Å². The molecule has 0 radical (unpaired) electrons. The minimum Gasteiger partial charge on any atom is -0.506 e. The van der Waals surface area contributed by atoms with Crippen molar-refractivity contribution in [2.75, 3.05) is 5.32 Å². The van der Waals surface area contributed by atoms with E-state index in [1.54, 1.807) is 18.2 Å². The van der Waals surface area contributed by atoms with Crippen molar-refractivity contribution in [3.05, 3.63) is 23.2 Å². The Morgan fingerprint density at radius 1 is 1.58 bits per heavy atom. The molecule has 12 heavy (non-hydrogen) atoms. The summed E-state index contributed by atoms with van der Waals surface area (Å²) in [4.78, 5) is 0. The fraction of sp³-hybridized carbons (Fsp3) is 0.250. The Kier molecular flexibility index (Phi) is 3.46. The van der Waals surface area contributed by atoms with Crippen molar-refractivity contribution in [2.24, 2.45) is 0 Å². The molecular formula is C8H9ClINO. The van der Waals surface area contributed by atoms with Crippen LogP contribution in [0.2, 0.25) is 5.02 Å². The van der Waals surface area contributed by atoms with Crippen LogP contribution in [-0.4, -0.2) is 9.16 Å². The second-order valence-corrected chi connectivity index (χ2v) is 4.70. The molecule has 0 saturated heterocycles. The standard InChI is InChI=1S/C8H9ClINO/c1-5(10)11-6-2-3-8(12)7(9)4-6/h2-5,11-12H,1H3. The maximum Gasteiger partial charge on any atom is 0.134 e. The number of alkyl halides is 1. The number of benzene rings is 1. The molecule has 1 aromatic rings. The summed E-state index contributed by atoms with van der Waals surface area (Å²) in [6, 6.07) is 5.06. The summed E-state index contributed by atoms with van der Waals surface area (Å²) < 4.78 is 0.336. The van der Waals surface area contributed by atoms with Gasteiger partial charge in [0.2, 0.25) is 0 Å². The van der Waals surface area contributed by atoms with E-state index < -0.39 is 0 Å². The first-order valence-electron chi connectivity index (χ1n) is 3.48. The third-order valence-corrected chi connectivity index (χ3v) is 1.93. The summed E-state index contributed by atoms with van der Waals surface area (Å²) in [5, 5.41) is 12.7. The zero-order chi connectivity index (χ0) is 9.14. The van der Waals surface area contributed by atoms with Crippen LogP contribution >= 0.6 is 34.2 Å². The molecule has 0 fully saturated rings. The van der Waals surface area contributed by atoms with E-state index in [-0.39, 0.29) is 5.75 Å². The number of hydrogen-bond acceptors (Lipinski definition) is 2. The number of hydrogen-bond donors (Lipinski definition) is 2. The van der Waals surface area contributed by atoms with Crippen LogP contribution in [0.5, 0.6) is 5.75 Å². The van der Waals surface area contributed by atoms with Crippen molar-refractivity contribution in [1.82, 2.24) is 0 Å². The normalized spacial score (nSPS) is 12.6. The molecule has 1 rings (SSSR count). The number of halogens is 2. The van der Waals surface area contributed by atoms with Crippen LogP contribution < -0.4 is 5.32 Å². The van der Waals surface area contributed by atoms with Crippen LogP contribution in [0.3, 0.4) is 0 Å². The number of aromatic hydroxyl groups is 1. The lowest BCUT2D eigenvalue weighted by molar-refractivity contribution is 0.475. The van der Waals surface area contributed by atoms with Gasteiger partial charge < -0.3 is 10.4 Å². The van der Waals surface area contributed by atoms with Gasteiger partial charge in [-0.15, -0.1) is 0 Å². The van der Waals surface area contributed by atoms with Gasteiger partial charge in [-0.3, -0.25) is 0 Å². The maximum absolute atomic E-state index is 9.12. The first-order chi connectivity index (χ1) is 5.59. The zero-order valence-electron chi connectivity index (χ0n) is 6.51. The fourth-order valence-corrected chi connectivity index (χ4v) is 1.37. The second kappa shape index (κ2) is 4.18. The van der Waals surface area contributed by atoms with Crippen molar-refractivity contribution in [2.45, 2.75) is 11.0 Å². The van der Waals surface area contributed by atoms with Gasteiger partial charge in [-0.1, -0.05) is 34.2 Å². The first kappa shape index (κ1) is 9.92. The Morgan fingerprint density at radius 2 is 2.25 bits per heavy atom. The SMILES string of the molecule is CC(I)Nc1ccc(O)c(Cl)c1. The Hall–Kier alpha value is -0.160. The third-order valence-electron chi connectivity index (χ3n) is 1.31. The molecule has 0 amide bonds. The summed E-state index contributed by atoms with van der Waals surface area (Å²) in [6.45, 7) is 2.03. The van der Waals surface area contributed by atoms with Crippen molar-refractivity contribution >= 4 is 39.9 Å². The highest BCUT2D eigenvalue weighted by molar-refractivity contribution is 14.1. The molecule has 0 aliphatic rings. The fourth-order valence-electron chi connectivity index (χ4n) is 0.826. The molecule has 0 bridgehead atoms. The molecule has 0 spiro atoms. The number of rotatable bonds is 2. The molecule has 2 N–H and O–H groups in total. The van der Waals surface area contributed by atoms with Gasteiger partial charge >= 0.3 is 0 Å². The van der Waals surface area contributed by atoms with E-state index in [9.17, 15) is 0 Å². The first-order valence-corrected chi connectivity index (χ1v) is 5.11. The Bertz CT molecular complexity index is 278. The van der Waals surface area contributed by atoms with Crippen LogP contribution in [0.4, 0.5) is 5.69 Å². The minimum absolute atomic E-state index is 0.114. The van der Waals surface area contributed by atoms with E-state index in [0.29, 0.717) is 9.07 Å². The average Bonchev–Trinajstić information content (AvgIpc) is 1.96. The van der Waals surface area contributed by atoms with Crippen molar-refractivity contribution in [3.63, 3.8) is 0 Å². The van der Waals surface area contributed by atoms with Gasteiger partial charge in [-0.25, -0.2) is 0 Å². The monoisotopic (exact) mass is 297 g/mol. The molecule has 0 aliphatic carbocycles. The van der Waals surface area contributed by atoms with Crippen molar-refractivity contribution < 1.29 is 5.11 Å². The molecular weight excluding hydrogens is 288 g/mol. The molecule has 1 unspecified atom stereocenters. The lowest BCUT2D eigenvalue weighted by atomic mass is 10.3. The highest BCUT2D eigenvalue weighted by atomic mass is 127. The molecule has 4 heteroatoms. The van der Waals surface area contributed by atoms with E-state index in [1.807, 2.05) is 6.92 Å². The van der Waals surface area contributed by atoms with Crippen LogP contribution in [0.1, 0.15) is 6.92 Å². The quantitative estimate of drug-likeness (QED) is 0.380. The number of phenols is 1. The zero-order valence-corrected chi connectivity index (χ0v) is 9.43. The summed E-state index contributed by atoms with van der Waals surface area (Å²) in [5.41, 5.74) is 0.916. The van der Waals surface area contributed by atoms with Crippen LogP contribution in [0, 0.1) is 0 Å². The predicted octanol–water partition coefficient (Wildman–Crippen LogP) is 3.24. The largest absolute Gasteiger partial charge is 0.506 e. The molecule has 0 heterocycles. The molecule has 0 aliphatic heterocycles. The van der Waals surface area contributed by atoms with E-state index in [4.69, 9.17) is 16.7 Å². The summed E-state index contributed by atoms with van der Waals surface area (Å²) in [6.07, 6.45) is 0. The lowest BCUT2D eigenvalue weighted by Gasteiger charge is -2.08. The number of nitrogens with one attached hydrogen (secondary N) is 1. The van der Waals surface area contributed by atoms with Gasteiger partial charge in [0.1, 0.15) is 5.75 Å². The highest BCUT2D eigenvalue weighted by Crippen LogP contribution is 2.26. The smallest absolute Gasteiger partial charge is 0.134 e. The summed E-state index contributed by atoms with van der Waals surface area (Å²) in [7, 11) is 0. The minimum atomic E-state index is 0.114. The molecule has 0 saturated carbocycles. The predicted molar refractivity (Wildman–Crippen MR) is 60.2 cm³/mol. The highest BCUT2D eigenvalue weighted by Gasteiger charge is 2.00.